The van der Waals surface area contributed by atoms with E-state index in [1.165, 1.54) is 0 Å². The molecule has 1 aromatic carbocycles. The number of unbranched alkanes of at least 4 members (excludes halogenated alkanes) is 1. The maximum absolute atomic E-state index is 11.9. The molecule has 0 aliphatic rings. The highest BCUT2D eigenvalue weighted by atomic mass is 16.6. The molecule has 0 fully saturated rings. The molecule has 0 spiro atoms. The van der Waals surface area contributed by atoms with Gasteiger partial charge in [0.1, 0.15) is 5.75 Å². The summed E-state index contributed by atoms with van der Waals surface area (Å²) in [6, 6.07) is 6.89. The van der Waals surface area contributed by atoms with E-state index in [1.807, 2.05) is 6.92 Å². The van der Waals surface area contributed by atoms with Crippen LogP contribution in [0.15, 0.2) is 36.4 Å². The van der Waals surface area contributed by atoms with Crippen molar-refractivity contribution in [3.8, 4) is 5.75 Å². The molecular weight excluding hydrogens is 360 g/mol. The average molecular weight is 390 g/mol. The molecule has 1 unspecified atom stereocenters. The molecule has 6 nitrogen and oxygen atoms in total. The largest absolute Gasteiger partial charge is 0.465 e. The van der Waals surface area contributed by atoms with Gasteiger partial charge in [-0.2, -0.15) is 0 Å². The van der Waals surface area contributed by atoms with Crippen LogP contribution in [0.25, 0.3) is 0 Å². The lowest BCUT2D eigenvalue weighted by Crippen LogP contribution is -2.21. The van der Waals surface area contributed by atoms with Crippen molar-refractivity contribution < 1.29 is 28.6 Å². The fourth-order valence-electron chi connectivity index (χ4n) is 2.40. The molecule has 1 atom stereocenters. The minimum absolute atomic E-state index is 0.0604. The third-order valence-corrected chi connectivity index (χ3v) is 4.24. The number of hydrogen-bond acceptors (Lipinski definition) is 6. The smallest absolute Gasteiger partial charge is 0.349 e. The summed E-state index contributed by atoms with van der Waals surface area (Å²) < 4.78 is 15.1. The average Bonchev–Trinajstić information content (AvgIpc) is 2.68. The second kappa shape index (κ2) is 12.7. The minimum atomic E-state index is -0.823. The number of carbonyl (C=O) groups excluding carboxylic acids is 3. The van der Waals surface area contributed by atoms with Crippen LogP contribution in [0.5, 0.6) is 5.75 Å². The molecule has 0 heterocycles. The third-order valence-electron chi connectivity index (χ3n) is 4.24. The number of hydrogen-bond donors (Lipinski definition) is 0. The van der Waals surface area contributed by atoms with Gasteiger partial charge in [-0.1, -0.05) is 57.4 Å². The summed E-state index contributed by atoms with van der Waals surface area (Å²) >= 11 is 0. The zero-order chi connectivity index (χ0) is 20.9. The second-order valence-electron chi connectivity index (χ2n) is 6.74. The quantitative estimate of drug-likeness (QED) is 0.303. The van der Waals surface area contributed by atoms with Gasteiger partial charge in [0.05, 0.1) is 13.0 Å². The molecule has 0 N–H and O–H groups in total. The van der Waals surface area contributed by atoms with Gasteiger partial charge < -0.3 is 14.2 Å². The van der Waals surface area contributed by atoms with Gasteiger partial charge in [0, 0.05) is 5.57 Å². The molecule has 1 aromatic rings. The number of benzene rings is 1. The van der Waals surface area contributed by atoms with Crippen molar-refractivity contribution in [1.29, 1.82) is 0 Å². The van der Waals surface area contributed by atoms with E-state index in [0.717, 1.165) is 31.2 Å². The van der Waals surface area contributed by atoms with Crippen molar-refractivity contribution in [3.05, 3.63) is 42.0 Å². The molecule has 0 saturated carbocycles. The van der Waals surface area contributed by atoms with Crippen molar-refractivity contribution in [1.82, 2.24) is 0 Å². The van der Waals surface area contributed by atoms with Crippen LogP contribution in [0.2, 0.25) is 0 Å². The maximum Gasteiger partial charge on any atom is 0.349 e. The second-order valence-corrected chi connectivity index (χ2v) is 6.74. The van der Waals surface area contributed by atoms with Gasteiger partial charge in [0.2, 0.25) is 0 Å². The van der Waals surface area contributed by atoms with Crippen LogP contribution in [-0.2, 0) is 23.9 Å². The maximum atomic E-state index is 11.9. The van der Waals surface area contributed by atoms with Crippen LogP contribution >= 0.6 is 0 Å². The predicted molar refractivity (Wildman–Crippen MR) is 106 cm³/mol. The van der Waals surface area contributed by atoms with Gasteiger partial charge in [0.25, 0.3) is 0 Å². The highest BCUT2D eigenvalue weighted by Crippen LogP contribution is 2.14. The number of rotatable bonds is 12. The van der Waals surface area contributed by atoms with Gasteiger partial charge in [0.15, 0.2) is 6.61 Å². The Morgan fingerprint density at radius 1 is 1.04 bits per heavy atom. The van der Waals surface area contributed by atoms with Crippen molar-refractivity contribution in [2.45, 2.75) is 52.9 Å². The first-order valence-corrected chi connectivity index (χ1v) is 9.63. The van der Waals surface area contributed by atoms with Crippen molar-refractivity contribution >= 4 is 17.9 Å². The molecule has 1 rings (SSSR count). The van der Waals surface area contributed by atoms with Gasteiger partial charge in [-0.15, -0.1) is 0 Å². The van der Waals surface area contributed by atoms with E-state index < -0.39 is 24.5 Å². The van der Waals surface area contributed by atoms with Gasteiger partial charge in [-0.25, -0.2) is 9.59 Å². The molecule has 154 valence electrons. The highest BCUT2D eigenvalue weighted by Gasteiger charge is 2.17. The molecule has 28 heavy (non-hydrogen) atoms. The van der Waals surface area contributed by atoms with Gasteiger partial charge >= 0.3 is 17.9 Å². The summed E-state index contributed by atoms with van der Waals surface area (Å²) in [6.45, 7) is 9.40. The molecule has 0 aliphatic carbocycles. The Morgan fingerprint density at radius 2 is 1.71 bits per heavy atom. The third kappa shape index (κ3) is 9.35. The van der Waals surface area contributed by atoms with Gasteiger partial charge in [-0.3, -0.25) is 4.79 Å². The summed E-state index contributed by atoms with van der Waals surface area (Å²) in [5, 5.41) is 0. The van der Waals surface area contributed by atoms with Crippen LogP contribution in [0.4, 0.5) is 0 Å². The van der Waals surface area contributed by atoms with E-state index in [2.05, 4.69) is 20.4 Å². The van der Waals surface area contributed by atoms with E-state index in [4.69, 9.17) is 14.2 Å². The molecule has 0 aliphatic heterocycles. The number of ether oxygens (including phenoxy) is 3. The SMILES string of the molecule is C=C(CC(=O)OCC(CC)CCCC)C(=O)OCC(=O)Oc1ccc(C)cc1. The summed E-state index contributed by atoms with van der Waals surface area (Å²) in [6.07, 6.45) is 3.86. The number of aryl methyl sites for hydroxylation is 1. The van der Waals surface area contributed by atoms with E-state index >= 15 is 0 Å². The van der Waals surface area contributed by atoms with E-state index in [0.29, 0.717) is 18.3 Å². The zero-order valence-electron chi connectivity index (χ0n) is 17.0. The molecule has 0 radical (unpaired) electrons. The van der Waals surface area contributed by atoms with E-state index in [9.17, 15) is 14.4 Å². The van der Waals surface area contributed by atoms with Crippen molar-refractivity contribution in [2.24, 2.45) is 5.92 Å². The Hall–Kier alpha value is -2.63. The zero-order valence-corrected chi connectivity index (χ0v) is 17.0. The lowest BCUT2D eigenvalue weighted by atomic mass is 10.0. The van der Waals surface area contributed by atoms with Crippen LogP contribution in [0.1, 0.15) is 51.5 Å². The Morgan fingerprint density at radius 3 is 2.32 bits per heavy atom. The molecule has 0 aromatic heterocycles. The van der Waals surface area contributed by atoms with Gasteiger partial charge in [-0.05, 0) is 31.4 Å². The predicted octanol–water partition coefficient (Wildman–Crippen LogP) is 4.15. The lowest BCUT2D eigenvalue weighted by molar-refractivity contribution is -0.152. The summed E-state index contributed by atoms with van der Waals surface area (Å²) in [4.78, 5) is 35.5. The van der Waals surface area contributed by atoms with Crippen LogP contribution < -0.4 is 4.74 Å². The van der Waals surface area contributed by atoms with Crippen LogP contribution in [0, 0.1) is 12.8 Å². The first-order valence-electron chi connectivity index (χ1n) is 9.63. The minimum Gasteiger partial charge on any atom is -0.465 e. The van der Waals surface area contributed by atoms with E-state index in [-0.39, 0.29) is 12.0 Å². The summed E-state index contributed by atoms with van der Waals surface area (Å²) in [5.41, 5.74) is 0.972. The Labute approximate surface area is 166 Å². The molecule has 0 saturated heterocycles. The van der Waals surface area contributed by atoms with Crippen molar-refractivity contribution in [2.75, 3.05) is 13.2 Å². The molecule has 6 heteroatoms. The molecule has 0 bridgehead atoms. The normalized spacial score (nSPS) is 11.4. The highest BCUT2D eigenvalue weighted by molar-refractivity contribution is 5.94. The summed E-state index contributed by atoms with van der Waals surface area (Å²) in [7, 11) is 0. The number of carbonyl (C=O) groups is 3. The Bertz CT molecular complexity index is 662. The van der Waals surface area contributed by atoms with Crippen molar-refractivity contribution in [3.63, 3.8) is 0 Å². The summed E-state index contributed by atoms with van der Waals surface area (Å²) in [5.74, 6) is -1.38. The topological polar surface area (TPSA) is 78.9 Å². The van der Waals surface area contributed by atoms with E-state index in [1.54, 1.807) is 24.3 Å². The fourth-order valence-corrected chi connectivity index (χ4v) is 2.40. The monoisotopic (exact) mass is 390 g/mol. The standard InChI is InChI=1S/C22H30O6/c1-5-7-8-18(6-2)14-26-20(23)13-17(4)22(25)27-15-21(24)28-19-11-9-16(3)10-12-19/h9-12,18H,4-8,13-15H2,1-3H3. The molecular formula is C22H30O6. The van der Waals surface area contributed by atoms with Crippen LogP contribution in [0.3, 0.4) is 0 Å². The fraction of sp³-hybridized carbons (Fsp3) is 0.500. The lowest BCUT2D eigenvalue weighted by Gasteiger charge is -2.14. The van der Waals surface area contributed by atoms with Crippen LogP contribution in [-0.4, -0.2) is 31.1 Å². The number of esters is 3. The Balaban J connectivity index is 2.31. The molecule has 0 amide bonds. The Kier molecular flexibility index (Phi) is 10.6. The first-order chi connectivity index (χ1) is 13.3. The first kappa shape index (κ1) is 23.4.